The van der Waals surface area contributed by atoms with Gasteiger partial charge in [0.2, 0.25) is 0 Å². The van der Waals surface area contributed by atoms with Crippen LogP contribution in [-0.4, -0.2) is 114 Å². The molecule has 0 radical (unpaired) electrons. The van der Waals surface area contributed by atoms with E-state index in [0.717, 1.165) is 90.2 Å². The van der Waals surface area contributed by atoms with E-state index in [9.17, 15) is 14.4 Å². The van der Waals surface area contributed by atoms with Crippen molar-refractivity contribution in [2.75, 3.05) is 66.3 Å². The van der Waals surface area contributed by atoms with E-state index < -0.39 is 0 Å². The summed E-state index contributed by atoms with van der Waals surface area (Å²) < 4.78 is 43.5. The highest BCUT2D eigenvalue weighted by Gasteiger charge is 2.63. The van der Waals surface area contributed by atoms with Crippen LogP contribution in [0.25, 0.3) is 0 Å². The topological polar surface area (TPSA) is 131 Å². The fourth-order valence-electron chi connectivity index (χ4n) is 16.7. The summed E-state index contributed by atoms with van der Waals surface area (Å²) in [6.45, 7) is 25.0. The molecule has 0 bridgehead atoms. The third-order valence-corrected chi connectivity index (χ3v) is 20.2. The molecule has 380 valence electrons. The number of fused-ring (bicyclic) bond motifs is 6. The number of nitrogens with one attached hydrogen (secondary N) is 1. The summed E-state index contributed by atoms with van der Waals surface area (Å²) >= 11 is 0. The predicted octanol–water partition coefficient (Wildman–Crippen LogP) is 9.27. The monoisotopic (exact) mass is 939 g/mol. The maximum absolute atomic E-state index is 13.7. The third kappa shape index (κ3) is 10.5. The van der Waals surface area contributed by atoms with E-state index in [0.29, 0.717) is 56.0 Å². The van der Waals surface area contributed by atoms with Gasteiger partial charge in [0, 0.05) is 22.7 Å². The number of hydrogen-bond donors (Lipinski definition) is 1. The Kier molecular flexibility index (Phi) is 16.0. The van der Waals surface area contributed by atoms with E-state index in [1.807, 2.05) is 11.8 Å². The smallest absolute Gasteiger partial charge is 0.320 e. The zero-order valence-corrected chi connectivity index (χ0v) is 43.0. The number of carbonyl (C=O) groups is 3. The molecule has 0 spiro atoms. The lowest BCUT2D eigenvalue weighted by molar-refractivity contribution is -0.322. The summed E-state index contributed by atoms with van der Waals surface area (Å²) in [6, 6.07) is 0. The number of carbonyl (C=O) groups excluding carboxylic acids is 3. The Hall–Kier alpha value is -2.09. The number of ether oxygens (including phenoxy) is 7. The number of allylic oxidation sites excluding steroid dienone is 1. The van der Waals surface area contributed by atoms with Crippen molar-refractivity contribution in [3.63, 3.8) is 0 Å². The number of rotatable bonds is 17. The number of hydrogen-bond acceptors (Lipinski definition) is 12. The zero-order valence-electron chi connectivity index (χ0n) is 43.0. The van der Waals surface area contributed by atoms with Crippen molar-refractivity contribution in [2.45, 2.75) is 182 Å². The summed E-state index contributed by atoms with van der Waals surface area (Å²) in [7, 11) is 1.43. The maximum atomic E-state index is 13.7. The Bertz CT molecular complexity index is 1750. The molecule has 6 aliphatic carbocycles. The molecule has 8 aliphatic rings. The van der Waals surface area contributed by atoms with Crippen LogP contribution in [0, 0.1) is 68.5 Å². The van der Waals surface area contributed by atoms with E-state index in [-0.39, 0.29) is 101 Å². The SMILES string of the molecule is C=C1CCC2[C@]3(C)CO[C@@H](C4CCC(COC(=O)CN(CC[C@@H]5C(C)(C)CCC6[C@]7(C)CO[C@@H](C8CCCC8)O[C@@H]7CC[C@]65C)CC(=O)OCC)C4)O[C@@H]3CC[C@@]2(C)[C@@H]1CCNCC(=O)OC. The van der Waals surface area contributed by atoms with E-state index in [2.05, 4.69) is 53.4 Å². The van der Waals surface area contributed by atoms with Crippen LogP contribution >= 0.6 is 0 Å². The van der Waals surface area contributed by atoms with Gasteiger partial charge in [-0.3, -0.25) is 19.3 Å². The van der Waals surface area contributed by atoms with Crippen molar-refractivity contribution in [3.8, 4) is 0 Å². The average Bonchev–Trinajstić information content (AvgIpc) is 4.00. The second kappa shape index (κ2) is 20.9. The first-order valence-corrected chi connectivity index (χ1v) is 27.0. The summed E-state index contributed by atoms with van der Waals surface area (Å²) in [5.41, 5.74) is 1.55. The largest absolute Gasteiger partial charge is 0.468 e. The van der Waals surface area contributed by atoms with Crippen LogP contribution in [0.3, 0.4) is 0 Å². The van der Waals surface area contributed by atoms with Crippen LogP contribution in [0.15, 0.2) is 12.2 Å². The molecule has 2 aliphatic heterocycles. The van der Waals surface area contributed by atoms with Gasteiger partial charge in [0.1, 0.15) is 0 Å². The van der Waals surface area contributed by atoms with Gasteiger partial charge in [-0.2, -0.15) is 0 Å². The standard InChI is InChI=1S/C55H90N2O10/c1-10-62-47(59)31-57(28-23-41-51(3,4)24-19-43-53(41,6)26-21-45-55(43,8)35-64-49(66-45)38-13-11-12-14-38)32-48(60)63-33-37-16-17-39(29-37)50-65-34-54(7)42-18-15-36(2)40(22-27-56-30-46(58)61-9)52(42,5)25-20-44(54)67-50/h37-45,49-50,56H,2,10-35H2,1,3-9H3/t37?,39?,40-,41-,42?,43?,44-,45-,49-,50-,52+,53+,54+,55+/m1/s1. The van der Waals surface area contributed by atoms with Crippen molar-refractivity contribution in [2.24, 2.45) is 68.5 Å². The Morgan fingerprint density at radius 3 is 2.00 bits per heavy atom. The van der Waals surface area contributed by atoms with E-state index >= 15 is 0 Å². The average molecular weight is 939 g/mol. The van der Waals surface area contributed by atoms with Crippen LogP contribution in [0.2, 0.25) is 0 Å². The lowest BCUT2D eigenvalue weighted by Gasteiger charge is -2.65. The molecular weight excluding hydrogens is 849 g/mol. The molecule has 4 unspecified atom stereocenters. The van der Waals surface area contributed by atoms with Crippen LogP contribution in [0.4, 0.5) is 0 Å². The lowest BCUT2D eigenvalue weighted by Crippen LogP contribution is -2.63. The van der Waals surface area contributed by atoms with Gasteiger partial charge in [0.15, 0.2) is 12.6 Å². The van der Waals surface area contributed by atoms with Crippen LogP contribution in [0.1, 0.15) is 158 Å². The molecule has 8 rings (SSSR count). The van der Waals surface area contributed by atoms with E-state index in [1.165, 1.54) is 44.8 Å². The Morgan fingerprint density at radius 1 is 0.716 bits per heavy atom. The molecule has 0 aromatic carbocycles. The van der Waals surface area contributed by atoms with Gasteiger partial charge in [0.05, 0.1) is 65.4 Å². The molecule has 12 heteroatoms. The normalized spacial score (nSPS) is 41.7. The highest BCUT2D eigenvalue weighted by Crippen LogP contribution is 2.67. The highest BCUT2D eigenvalue weighted by atomic mass is 16.7. The molecule has 2 heterocycles. The summed E-state index contributed by atoms with van der Waals surface area (Å²) in [6.07, 6.45) is 18.5. The fourth-order valence-corrected chi connectivity index (χ4v) is 16.7. The van der Waals surface area contributed by atoms with Crippen molar-refractivity contribution >= 4 is 17.9 Å². The first kappa shape index (κ1) is 51.3. The molecular formula is C55H90N2O10. The minimum absolute atomic E-state index is 0.0260. The minimum atomic E-state index is -0.299. The molecule has 14 atom stereocenters. The predicted molar refractivity (Wildman–Crippen MR) is 256 cm³/mol. The van der Waals surface area contributed by atoms with E-state index in [1.54, 1.807) is 0 Å². The van der Waals surface area contributed by atoms with Crippen molar-refractivity contribution in [1.29, 1.82) is 0 Å². The van der Waals surface area contributed by atoms with Crippen LogP contribution < -0.4 is 5.32 Å². The molecule has 0 aromatic heterocycles. The maximum Gasteiger partial charge on any atom is 0.320 e. The number of nitrogens with zero attached hydrogens (tertiary/aromatic N) is 1. The molecule has 67 heavy (non-hydrogen) atoms. The Morgan fingerprint density at radius 2 is 1.34 bits per heavy atom. The van der Waals surface area contributed by atoms with Gasteiger partial charge in [-0.05, 0) is 162 Å². The second-order valence-electron chi connectivity index (χ2n) is 24.7. The number of esters is 3. The lowest BCUT2D eigenvalue weighted by atomic mass is 9.42. The van der Waals surface area contributed by atoms with Gasteiger partial charge in [-0.15, -0.1) is 0 Å². The van der Waals surface area contributed by atoms with Gasteiger partial charge in [-0.25, -0.2) is 0 Å². The van der Waals surface area contributed by atoms with Crippen LogP contribution in [0.5, 0.6) is 0 Å². The van der Waals surface area contributed by atoms with Crippen LogP contribution in [-0.2, 0) is 47.5 Å². The fraction of sp³-hybridized carbons (Fsp3) is 0.909. The molecule has 0 aromatic rings. The molecule has 8 fully saturated rings. The molecule has 0 amide bonds. The van der Waals surface area contributed by atoms with Gasteiger partial charge < -0.3 is 38.5 Å². The van der Waals surface area contributed by atoms with Gasteiger partial charge >= 0.3 is 17.9 Å². The third-order valence-electron chi connectivity index (χ3n) is 20.2. The second-order valence-corrected chi connectivity index (χ2v) is 24.7. The first-order chi connectivity index (χ1) is 31.9. The molecule has 6 saturated carbocycles. The quantitative estimate of drug-likeness (QED) is 0.0646. The Balaban J connectivity index is 0.829. The number of methoxy groups -OCH3 is 1. The minimum Gasteiger partial charge on any atom is -0.468 e. The molecule has 1 N–H and O–H groups in total. The first-order valence-electron chi connectivity index (χ1n) is 27.0. The van der Waals surface area contributed by atoms with Gasteiger partial charge in [-0.1, -0.05) is 66.5 Å². The van der Waals surface area contributed by atoms with Crippen molar-refractivity contribution < 1.29 is 47.5 Å². The molecule has 2 saturated heterocycles. The Labute approximate surface area is 403 Å². The van der Waals surface area contributed by atoms with E-state index in [4.69, 9.17) is 33.2 Å². The molecule has 12 nitrogen and oxygen atoms in total. The van der Waals surface area contributed by atoms with Gasteiger partial charge in [0.25, 0.3) is 0 Å². The van der Waals surface area contributed by atoms with Crippen molar-refractivity contribution in [3.05, 3.63) is 12.2 Å². The highest BCUT2D eigenvalue weighted by molar-refractivity contribution is 5.75. The summed E-state index contributed by atoms with van der Waals surface area (Å²) in [4.78, 5) is 40.4. The summed E-state index contributed by atoms with van der Waals surface area (Å²) in [5.74, 6) is 1.98. The summed E-state index contributed by atoms with van der Waals surface area (Å²) in [5, 5.41) is 3.28. The van der Waals surface area contributed by atoms with Crippen molar-refractivity contribution in [1.82, 2.24) is 10.2 Å². The zero-order chi connectivity index (χ0) is 47.8.